The van der Waals surface area contributed by atoms with Gasteiger partial charge in [0.25, 0.3) is 17.8 Å². The molecule has 7 heteroatoms. The molecular weight excluding hydrogens is 271 g/mol. The van der Waals surface area contributed by atoms with E-state index in [0.717, 1.165) is 6.42 Å². The largest absolute Gasteiger partial charge is 0.537 e. The second-order valence-electron chi connectivity index (χ2n) is 3.52. The second kappa shape index (κ2) is 5.71. The van der Waals surface area contributed by atoms with E-state index in [9.17, 15) is 0 Å². The van der Waals surface area contributed by atoms with Gasteiger partial charge < -0.3 is 27.1 Å². The SMILES string of the molecule is C1=C(OP(Oc2ccco2)Oc2ccco2)OCC1. The maximum absolute atomic E-state index is 5.50. The molecule has 0 unspecified atom stereocenters. The molecule has 0 N–H and O–H groups in total. The Morgan fingerprint density at radius 2 is 1.63 bits per heavy atom. The monoisotopic (exact) mass is 282 g/mol. The van der Waals surface area contributed by atoms with Crippen LogP contribution in [0.5, 0.6) is 11.9 Å². The molecule has 1 aliphatic heterocycles. The van der Waals surface area contributed by atoms with Gasteiger partial charge in [0.05, 0.1) is 19.1 Å². The third kappa shape index (κ3) is 3.23. The summed E-state index contributed by atoms with van der Waals surface area (Å²) < 4.78 is 31.9. The predicted octanol–water partition coefficient (Wildman–Crippen LogP) is 3.84. The Balaban J connectivity index is 1.67. The van der Waals surface area contributed by atoms with Crippen molar-refractivity contribution in [2.75, 3.05) is 6.61 Å². The molecule has 0 aromatic carbocycles. The zero-order valence-corrected chi connectivity index (χ0v) is 10.7. The summed E-state index contributed by atoms with van der Waals surface area (Å²) in [6.07, 6.45) is 5.63. The Hall–Kier alpha value is -2.07. The number of ether oxygens (including phenoxy) is 1. The molecule has 0 saturated heterocycles. The highest BCUT2D eigenvalue weighted by Crippen LogP contribution is 2.44. The quantitative estimate of drug-likeness (QED) is 0.750. The molecule has 0 aliphatic carbocycles. The molecule has 3 heterocycles. The number of furan rings is 2. The molecule has 0 fully saturated rings. The zero-order chi connectivity index (χ0) is 12.9. The lowest BCUT2D eigenvalue weighted by Gasteiger charge is -2.14. The molecule has 1 aliphatic rings. The molecule has 0 saturated carbocycles. The molecule has 100 valence electrons. The van der Waals surface area contributed by atoms with Gasteiger partial charge in [-0.3, -0.25) is 0 Å². The number of hydrogen-bond donors (Lipinski definition) is 0. The first-order valence-corrected chi connectivity index (χ1v) is 6.74. The van der Waals surface area contributed by atoms with Crippen LogP contribution in [0.25, 0.3) is 0 Å². The summed E-state index contributed by atoms with van der Waals surface area (Å²) >= 11 is 0. The highest BCUT2D eigenvalue weighted by Gasteiger charge is 2.25. The number of rotatable bonds is 6. The van der Waals surface area contributed by atoms with Crippen molar-refractivity contribution in [3.05, 3.63) is 48.8 Å². The van der Waals surface area contributed by atoms with E-state index in [1.54, 1.807) is 24.3 Å². The molecule has 2 aromatic rings. The Kier molecular flexibility index (Phi) is 3.61. The summed E-state index contributed by atoms with van der Waals surface area (Å²) in [6.45, 7) is 0.597. The van der Waals surface area contributed by atoms with E-state index in [2.05, 4.69) is 0 Å². The van der Waals surface area contributed by atoms with E-state index in [1.807, 2.05) is 6.08 Å². The first-order chi connectivity index (χ1) is 9.40. The van der Waals surface area contributed by atoms with Gasteiger partial charge >= 0.3 is 8.60 Å². The topological polar surface area (TPSA) is 63.2 Å². The van der Waals surface area contributed by atoms with E-state index in [4.69, 9.17) is 27.1 Å². The average molecular weight is 282 g/mol. The van der Waals surface area contributed by atoms with Gasteiger partial charge in [0, 0.05) is 24.6 Å². The first-order valence-electron chi connectivity index (χ1n) is 5.64. The molecule has 3 rings (SSSR count). The van der Waals surface area contributed by atoms with E-state index >= 15 is 0 Å². The van der Waals surface area contributed by atoms with Crippen molar-refractivity contribution in [3.63, 3.8) is 0 Å². The van der Waals surface area contributed by atoms with Crippen molar-refractivity contribution in [2.45, 2.75) is 6.42 Å². The van der Waals surface area contributed by atoms with Crippen molar-refractivity contribution in [3.8, 4) is 11.9 Å². The maximum Gasteiger partial charge on any atom is 0.537 e. The summed E-state index contributed by atoms with van der Waals surface area (Å²) in [4.78, 5) is 0. The standard InChI is InChI=1S/C12H11O6P/c1-4-10(13-7-1)16-19(17-11-5-2-8-14-11)18-12-6-3-9-15-12/h1-2,4-8H,3,9H2. The van der Waals surface area contributed by atoms with Gasteiger partial charge in [-0.05, 0) is 12.1 Å². The summed E-state index contributed by atoms with van der Waals surface area (Å²) in [6, 6.07) is 6.74. The predicted molar refractivity (Wildman–Crippen MR) is 65.3 cm³/mol. The van der Waals surface area contributed by atoms with Crippen LogP contribution in [0.4, 0.5) is 0 Å². The van der Waals surface area contributed by atoms with Gasteiger partial charge in [-0.25, -0.2) is 0 Å². The van der Waals surface area contributed by atoms with Crippen LogP contribution in [0.1, 0.15) is 6.42 Å². The highest BCUT2D eigenvalue weighted by molar-refractivity contribution is 7.42. The van der Waals surface area contributed by atoms with Crippen LogP contribution in [0, 0.1) is 0 Å². The van der Waals surface area contributed by atoms with Crippen LogP contribution in [0.15, 0.2) is 57.6 Å². The zero-order valence-electron chi connectivity index (χ0n) is 9.85. The smallest absolute Gasteiger partial charge is 0.465 e. The van der Waals surface area contributed by atoms with Gasteiger partial charge in [-0.15, -0.1) is 0 Å². The minimum atomic E-state index is -1.75. The molecule has 0 spiro atoms. The van der Waals surface area contributed by atoms with Gasteiger partial charge in [-0.1, -0.05) is 0 Å². The summed E-state index contributed by atoms with van der Waals surface area (Å²) in [5, 5.41) is 0. The van der Waals surface area contributed by atoms with E-state index in [-0.39, 0.29) is 0 Å². The van der Waals surface area contributed by atoms with E-state index in [1.165, 1.54) is 12.5 Å². The van der Waals surface area contributed by atoms with Crippen molar-refractivity contribution in [1.29, 1.82) is 0 Å². The molecule has 0 amide bonds. The summed E-state index contributed by atoms with van der Waals surface area (Å²) in [5.74, 6) is 0.997. The molecule has 0 atom stereocenters. The van der Waals surface area contributed by atoms with E-state index in [0.29, 0.717) is 24.4 Å². The van der Waals surface area contributed by atoms with Gasteiger partial charge in [0.15, 0.2) is 0 Å². The van der Waals surface area contributed by atoms with Crippen molar-refractivity contribution < 1.29 is 27.1 Å². The first kappa shape index (κ1) is 12.0. The Labute approximate surface area is 110 Å². The number of hydrogen-bond acceptors (Lipinski definition) is 6. The van der Waals surface area contributed by atoms with Crippen molar-refractivity contribution in [2.24, 2.45) is 0 Å². The third-order valence-electron chi connectivity index (χ3n) is 2.16. The lowest BCUT2D eigenvalue weighted by Crippen LogP contribution is -1.99. The van der Waals surface area contributed by atoms with Crippen LogP contribution >= 0.6 is 8.60 Å². The summed E-state index contributed by atoms with van der Waals surface area (Å²) in [5.41, 5.74) is 0. The maximum atomic E-state index is 5.50. The van der Waals surface area contributed by atoms with Gasteiger partial charge in [0.2, 0.25) is 0 Å². The Morgan fingerprint density at radius 1 is 0.947 bits per heavy atom. The normalized spacial score (nSPS) is 14.1. The lowest BCUT2D eigenvalue weighted by atomic mass is 10.5. The van der Waals surface area contributed by atoms with Crippen LogP contribution in [0.3, 0.4) is 0 Å². The van der Waals surface area contributed by atoms with Crippen LogP contribution in [-0.2, 0) is 9.26 Å². The third-order valence-corrected chi connectivity index (χ3v) is 3.14. The highest BCUT2D eigenvalue weighted by atomic mass is 31.2. The summed E-state index contributed by atoms with van der Waals surface area (Å²) in [7, 11) is -1.75. The Morgan fingerprint density at radius 3 is 2.11 bits per heavy atom. The molecule has 19 heavy (non-hydrogen) atoms. The van der Waals surface area contributed by atoms with Crippen LogP contribution < -0.4 is 9.05 Å². The minimum absolute atomic E-state index is 0.302. The van der Waals surface area contributed by atoms with E-state index < -0.39 is 8.60 Å². The second-order valence-corrected chi connectivity index (χ2v) is 4.52. The minimum Gasteiger partial charge on any atom is -0.465 e. The Bertz CT molecular complexity index is 482. The molecule has 6 nitrogen and oxygen atoms in total. The molecule has 0 bridgehead atoms. The lowest BCUT2D eigenvalue weighted by molar-refractivity contribution is 0.120. The fourth-order valence-electron chi connectivity index (χ4n) is 1.37. The van der Waals surface area contributed by atoms with Crippen LogP contribution in [-0.4, -0.2) is 6.61 Å². The van der Waals surface area contributed by atoms with Crippen LogP contribution in [0.2, 0.25) is 0 Å². The molecule has 0 radical (unpaired) electrons. The fourth-order valence-corrected chi connectivity index (χ4v) is 2.25. The van der Waals surface area contributed by atoms with Gasteiger partial charge in [0.1, 0.15) is 0 Å². The van der Waals surface area contributed by atoms with Crippen molar-refractivity contribution in [1.82, 2.24) is 0 Å². The van der Waals surface area contributed by atoms with Crippen molar-refractivity contribution >= 4 is 8.60 Å². The average Bonchev–Trinajstić information content (AvgIpc) is 3.10. The molecule has 2 aromatic heterocycles. The van der Waals surface area contributed by atoms with Gasteiger partial charge in [-0.2, -0.15) is 0 Å². The fraction of sp³-hybridized carbons (Fsp3) is 0.167. The molecular formula is C12H11O6P.